The van der Waals surface area contributed by atoms with E-state index in [-0.39, 0.29) is 11.7 Å². The van der Waals surface area contributed by atoms with Crippen molar-refractivity contribution in [2.24, 2.45) is 0 Å². The minimum Gasteiger partial charge on any atom is -0.312 e. The van der Waals surface area contributed by atoms with Crippen LogP contribution in [0.3, 0.4) is 0 Å². The van der Waals surface area contributed by atoms with E-state index >= 15 is 0 Å². The molecule has 9 heteroatoms. The molecule has 168 valence electrons. The standard InChI is InChI=1S/C24H21Cl2N5OS/c1-3-30(21-9-5-4-7-16(21)2)22(32)15-33-24-29-28-23(17-8-6-12-27-14-17)31(24)18-10-11-19(25)20(26)13-18/h4-14H,3,15H2,1-2H3. The fraction of sp³-hybridized carbons (Fsp3) is 0.167. The monoisotopic (exact) mass is 497 g/mol. The van der Waals surface area contributed by atoms with Crippen molar-refractivity contribution in [2.75, 3.05) is 17.2 Å². The summed E-state index contributed by atoms with van der Waals surface area (Å²) in [6, 6.07) is 16.9. The van der Waals surface area contributed by atoms with Crippen LogP contribution in [0.25, 0.3) is 17.1 Å². The minimum absolute atomic E-state index is 0.0107. The average Bonchev–Trinajstić information content (AvgIpc) is 3.26. The second-order valence-electron chi connectivity index (χ2n) is 7.19. The normalized spacial score (nSPS) is 10.9. The van der Waals surface area contributed by atoms with Gasteiger partial charge < -0.3 is 4.90 Å². The highest BCUT2D eigenvalue weighted by atomic mass is 35.5. The first-order valence-corrected chi connectivity index (χ1v) is 12.0. The molecule has 0 aliphatic rings. The Bertz CT molecular complexity index is 1280. The predicted octanol–water partition coefficient (Wildman–Crippen LogP) is 6.09. The summed E-state index contributed by atoms with van der Waals surface area (Å²) in [5, 5.41) is 10.2. The van der Waals surface area contributed by atoms with Crippen molar-refractivity contribution in [3.8, 4) is 17.1 Å². The fourth-order valence-corrected chi connectivity index (χ4v) is 4.57. The maximum Gasteiger partial charge on any atom is 0.237 e. The Morgan fingerprint density at radius 1 is 1.06 bits per heavy atom. The lowest BCUT2D eigenvalue weighted by Gasteiger charge is -2.22. The molecule has 0 aliphatic heterocycles. The number of aromatic nitrogens is 4. The highest BCUT2D eigenvalue weighted by Gasteiger charge is 2.21. The maximum absolute atomic E-state index is 13.1. The summed E-state index contributed by atoms with van der Waals surface area (Å²) >= 11 is 13.7. The topological polar surface area (TPSA) is 63.9 Å². The van der Waals surface area contributed by atoms with Gasteiger partial charge in [0, 0.05) is 30.2 Å². The van der Waals surface area contributed by atoms with Gasteiger partial charge in [-0.25, -0.2) is 0 Å². The van der Waals surface area contributed by atoms with Crippen molar-refractivity contribution in [1.29, 1.82) is 0 Å². The van der Waals surface area contributed by atoms with E-state index in [1.165, 1.54) is 11.8 Å². The molecule has 0 saturated carbocycles. The number of hydrogen-bond donors (Lipinski definition) is 0. The lowest BCUT2D eigenvalue weighted by Crippen LogP contribution is -2.32. The zero-order valence-corrected chi connectivity index (χ0v) is 20.4. The molecule has 0 unspecified atom stereocenters. The number of carbonyl (C=O) groups is 1. The van der Waals surface area contributed by atoms with Crippen LogP contribution in [0.1, 0.15) is 12.5 Å². The van der Waals surface area contributed by atoms with Gasteiger partial charge >= 0.3 is 0 Å². The molecule has 0 radical (unpaired) electrons. The minimum atomic E-state index is -0.0107. The number of carbonyl (C=O) groups excluding carboxylic acids is 1. The molecule has 0 fully saturated rings. The second kappa shape index (κ2) is 10.4. The first kappa shape index (κ1) is 23.3. The Morgan fingerprint density at radius 2 is 1.88 bits per heavy atom. The van der Waals surface area contributed by atoms with E-state index in [0.717, 1.165) is 22.5 Å². The molecule has 0 spiro atoms. The van der Waals surface area contributed by atoms with Gasteiger partial charge in [0.15, 0.2) is 11.0 Å². The largest absolute Gasteiger partial charge is 0.312 e. The van der Waals surface area contributed by atoms with Crippen molar-refractivity contribution in [3.05, 3.63) is 82.6 Å². The van der Waals surface area contributed by atoms with E-state index < -0.39 is 0 Å². The SMILES string of the molecule is CCN(C(=O)CSc1nnc(-c2cccnc2)n1-c1ccc(Cl)c(Cl)c1)c1ccccc1C. The van der Waals surface area contributed by atoms with E-state index in [4.69, 9.17) is 23.2 Å². The van der Waals surface area contributed by atoms with Crippen LogP contribution < -0.4 is 4.90 Å². The molecule has 6 nitrogen and oxygen atoms in total. The summed E-state index contributed by atoms with van der Waals surface area (Å²) in [5.41, 5.74) is 3.50. The van der Waals surface area contributed by atoms with Gasteiger partial charge in [-0.3, -0.25) is 14.3 Å². The summed E-state index contributed by atoms with van der Waals surface area (Å²) in [6.45, 7) is 4.54. The first-order chi connectivity index (χ1) is 16.0. The molecule has 4 aromatic rings. The van der Waals surface area contributed by atoms with Gasteiger partial charge in [0.25, 0.3) is 0 Å². The third-order valence-corrected chi connectivity index (χ3v) is 6.72. The quantitative estimate of drug-likeness (QED) is 0.289. The molecule has 1 amide bonds. The van der Waals surface area contributed by atoms with Crippen LogP contribution in [0.4, 0.5) is 5.69 Å². The number of rotatable bonds is 7. The lowest BCUT2D eigenvalue weighted by atomic mass is 10.2. The first-order valence-electron chi connectivity index (χ1n) is 10.3. The number of thioether (sulfide) groups is 1. The smallest absolute Gasteiger partial charge is 0.237 e. The number of hydrogen-bond acceptors (Lipinski definition) is 5. The van der Waals surface area contributed by atoms with Crippen LogP contribution >= 0.6 is 35.0 Å². The fourth-order valence-electron chi connectivity index (χ4n) is 3.45. The van der Waals surface area contributed by atoms with E-state index in [0.29, 0.717) is 27.6 Å². The van der Waals surface area contributed by atoms with Crippen molar-refractivity contribution in [3.63, 3.8) is 0 Å². The second-order valence-corrected chi connectivity index (χ2v) is 8.95. The molecular formula is C24H21Cl2N5OS. The van der Waals surface area contributed by atoms with Gasteiger partial charge in [-0.15, -0.1) is 10.2 Å². The Balaban J connectivity index is 1.66. The van der Waals surface area contributed by atoms with Crippen LogP contribution in [0.5, 0.6) is 0 Å². The number of aryl methyl sites for hydroxylation is 1. The number of para-hydroxylation sites is 1. The number of pyridine rings is 1. The van der Waals surface area contributed by atoms with Crippen LogP contribution in [-0.2, 0) is 4.79 Å². The third kappa shape index (κ3) is 5.05. The zero-order chi connectivity index (χ0) is 23.4. The number of nitrogens with zero attached hydrogens (tertiary/aromatic N) is 5. The number of halogens is 2. The van der Waals surface area contributed by atoms with Crippen LogP contribution in [0, 0.1) is 6.92 Å². The van der Waals surface area contributed by atoms with Crippen LogP contribution in [-0.4, -0.2) is 38.0 Å². The van der Waals surface area contributed by atoms with Gasteiger partial charge in [-0.2, -0.15) is 0 Å². The van der Waals surface area contributed by atoms with Crippen molar-refractivity contribution in [2.45, 2.75) is 19.0 Å². The van der Waals surface area contributed by atoms with Gasteiger partial charge in [0.05, 0.1) is 21.5 Å². The van der Waals surface area contributed by atoms with Crippen molar-refractivity contribution in [1.82, 2.24) is 19.7 Å². The van der Waals surface area contributed by atoms with E-state index in [1.807, 2.05) is 60.9 Å². The molecule has 0 bridgehead atoms. The van der Waals surface area contributed by atoms with Gasteiger partial charge in [-0.1, -0.05) is 53.2 Å². The van der Waals surface area contributed by atoms with Crippen LogP contribution in [0.2, 0.25) is 10.0 Å². The molecular weight excluding hydrogens is 477 g/mol. The zero-order valence-electron chi connectivity index (χ0n) is 18.1. The third-order valence-electron chi connectivity index (χ3n) is 5.06. The lowest BCUT2D eigenvalue weighted by molar-refractivity contribution is -0.116. The van der Waals surface area contributed by atoms with Gasteiger partial charge in [-0.05, 0) is 55.8 Å². The summed E-state index contributed by atoms with van der Waals surface area (Å²) in [5.74, 6) is 0.792. The predicted molar refractivity (Wildman–Crippen MR) is 135 cm³/mol. The molecule has 4 rings (SSSR count). The maximum atomic E-state index is 13.1. The van der Waals surface area contributed by atoms with Gasteiger partial charge in [0.1, 0.15) is 0 Å². The molecule has 2 heterocycles. The Labute approximate surface area is 206 Å². The summed E-state index contributed by atoms with van der Waals surface area (Å²) in [4.78, 5) is 19.1. The molecule has 0 N–H and O–H groups in total. The van der Waals surface area contributed by atoms with Crippen molar-refractivity contribution >= 4 is 46.6 Å². The molecule has 0 saturated heterocycles. The van der Waals surface area contributed by atoms with E-state index in [2.05, 4.69) is 15.2 Å². The molecule has 33 heavy (non-hydrogen) atoms. The molecule has 2 aromatic heterocycles. The van der Waals surface area contributed by atoms with E-state index in [9.17, 15) is 4.79 Å². The highest BCUT2D eigenvalue weighted by molar-refractivity contribution is 7.99. The Kier molecular flexibility index (Phi) is 7.33. The van der Waals surface area contributed by atoms with Crippen molar-refractivity contribution < 1.29 is 4.79 Å². The molecule has 0 atom stereocenters. The number of amides is 1. The molecule has 0 aliphatic carbocycles. The number of benzene rings is 2. The summed E-state index contributed by atoms with van der Waals surface area (Å²) < 4.78 is 1.86. The Hall–Kier alpha value is -2.87. The Morgan fingerprint density at radius 3 is 2.58 bits per heavy atom. The van der Waals surface area contributed by atoms with Crippen LogP contribution in [0.15, 0.2) is 72.1 Å². The molecule has 2 aromatic carbocycles. The van der Waals surface area contributed by atoms with E-state index in [1.54, 1.807) is 29.4 Å². The summed E-state index contributed by atoms with van der Waals surface area (Å²) in [7, 11) is 0. The average molecular weight is 498 g/mol. The summed E-state index contributed by atoms with van der Waals surface area (Å²) in [6.07, 6.45) is 3.41. The van der Waals surface area contributed by atoms with Gasteiger partial charge in [0.2, 0.25) is 5.91 Å². The number of anilines is 1. The highest BCUT2D eigenvalue weighted by Crippen LogP contribution is 2.31.